The molecule has 0 spiro atoms. The van der Waals surface area contributed by atoms with Crippen molar-refractivity contribution in [1.82, 2.24) is 4.90 Å². The molecule has 0 atom stereocenters. The molecule has 1 rings (SSSR count). The molecule has 3 nitrogen and oxygen atoms in total. The molecule has 118 valence electrons. The van der Waals surface area contributed by atoms with Crippen LogP contribution in [0.1, 0.15) is 58.6 Å². The molecule has 0 aliphatic heterocycles. The third kappa shape index (κ3) is 6.30. The molecule has 1 N–H and O–H groups in total. The zero-order valence-corrected chi connectivity index (χ0v) is 14.0. The standard InChI is InChI=1S/C18H29NO2/c1-14(2)19(12-6-7-17(20)21)13-15-8-10-16(11-9-15)18(3,4)5/h8-11,14H,6-7,12-13H2,1-5H3,(H,20,21). The fourth-order valence-corrected chi connectivity index (χ4v) is 2.30. The predicted octanol–water partition coefficient (Wildman–Crippen LogP) is 4.06. The molecule has 1 aromatic carbocycles. The van der Waals surface area contributed by atoms with E-state index in [1.54, 1.807) is 0 Å². The number of carboxylic acids is 1. The van der Waals surface area contributed by atoms with Crippen molar-refractivity contribution in [2.24, 2.45) is 0 Å². The van der Waals surface area contributed by atoms with Crippen LogP contribution in [-0.2, 0) is 16.8 Å². The molecule has 3 heteroatoms. The minimum atomic E-state index is -0.715. The van der Waals surface area contributed by atoms with Crippen LogP contribution in [-0.4, -0.2) is 28.6 Å². The minimum absolute atomic E-state index is 0.178. The van der Waals surface area contributed by atoms with E-state index in [2.05, 4.69) is 63.8 Å². The number of benzene rings is 1. The van der Waals surface area contributed by atoms with Crippen molar-refractivity contribution in [3.63, 3.8) is 0 Å². The quantitative estimate of drug-likeness (QED) is 0.823. The maximum Gasteiger partial charge on any atom is 0.303 e. The summed E-state index contributed by atoms with van der Waals surface area (Å²) < 4.78 is 0. The van der Waals surface area contributed by atoms with Gasteiger partial charge in [-0.1, -0.05) is 45.0 Å². The van der Waals surface area contributed by atoms with Gasteiger partial charge in [-0.15, -0.1) is 0 Å². The van der Waals surface area contributed by atoms with E-state index in [0.29, 0.717) is 12.5 Å². The summed E-state index contributed by atoms with van der Waals surface area (Å²) in [5.74, 6) is -0.715. The second-order valence-corrected chi connectivity index (χ2v) is 7.01. The van der Waals surface area contributed by atoms with Gasteiger partial charge in [-0.05, 0) is 43.4 Å². The van der Waals surface area contributed by atoms with Gasteiger partial charge >= 0.3 is 5.97 Å². The van der Waals surface area contributed by atoms with E-state index in [4.69, 9.17) is 5.11 Å². The van der Waals surface area contributed by atoms with E-state index < -0.39 is 5.97 Å². The van der Waals surface area contributed by atoms with Crippen LogP contribution in [0.2, 0.25) is 0 Å². The summed E-state index contributed by atoms with van der Waals surface area (Å²) in [6.45, 7) is 12.7. The Hall–Kier alpha value is -1.35. The fourth-order valence-electron chi connectivity index (χ4n) is 2.30. The summed E-state index contributed by atoms with van der Waals surface area (Å²) in [7, 11) is 0. The number of hydrogen-bond acceptors (Lipinski definition) is 2. The summed E-state index contributed by atoms with van der Waals surface area (Å²) in [5.41, 5.74) is 2.80. The number of carbonyl (C=O) groups is 1. The van der Waals surface area contributed by atoms with Crippen LogP contribution in [0, 0.1) is 0 Å². The van der Waals surface area contributed by atoms with Crippen molar-refractivity contribution in [3.8, 4) is 0 Å². The predicted molar refractivity (Wildman–Crippen MR) is 87.6 cm³/mol. The summed E-state index contributed by atoms with van der Waals surface area (Å²) in [4.78, 5) is 13.0. The summed E-state index contributed by atoms with van der Waals surface area (Å²) in [5, 5.41) is 8.74. The lowest BCUT2D eigenvalue weighted by atomic mass is 9.87. The first-order valence-electron chi connectivity index (χ1n) is 7.75. The van der Waals surface area contributed by atoms with E-state index in [1.807, 2.05) is 0 Å². The molecule has 0 aliphatic rings. The van der Waals surface area contributed by atoms with Crippen LogP contribution >= 0.6 is 0 Å². The van der Waals surface area contributed by atoms with Gasteiger partial charge in [0.05, 0.1) is 0 Å². The molecule has 21 heavy (non-hydrogen) atoms. The molecule has 0 saturated heterocycles. The van der Waals surface area contributed by atoms with Crippen LogP contribution in [0.15, 0.2) is 24.3 Å². The average Bonchev–Trinajstić information content (AvgIpc) is 2.36. The van der Waals surface area contributed by atoms with Crippen LogP contribution in [0.4, 0.5) is 0 Å². The number of hydrogen-bond donors (Lipinski definition) is 1. The first kappa shape index (κ1) is 17.7. The van der Waals surface area contributed by atoms with Gasteiger partial charge in [0, 0.05) is 19.0 Å². The Bertz CT molecular complexity index is 443. The highest BCUT2D eigenvalue weighted by Crippen LogP contribution is 2.22. The van der Waals surface area contributed by atoms with Crippen LogP contribution < -0.4 is 0 Å². The highest BCUT2D eigenvalue weighted by Gasteiger charge is 2.14. The molecular formula is C18H29NO2. The van der Waals surface area contributed by atoms with Crippen LogP contribution in [0.25, 0.3) is 0 Å². The number of rotatable bonds is 7. The van der Waals surface area contributed by atoms with Gasteiger partial charge in [0.25, 0.3) is 0 Å². The molecule has 1 aromatic rings. The zero-order chi connectivity index (χ0) is 16.0. The summed E-state index contributed by atoms with van der Waals surface area (Å²) in [6.07, 6.45) is 0.944. The first-order chi connectivity index (χ1) is 9.70. The van der Waals surface area contributed by atoms with Gasteiger partial charge in [0.15, 0.2) is 0 Å². The van der Waals surface area contributed by atoms with E-state index in [-0.39, 0.29) is 11.8 Å². The third-order valence-electron chi connectivity index (χ3n) is 3.77. The molecule has 0 fully saturated rings. The Kier molecular flexibility index (Phi) is 6.41. The fraction of sp³-hybridized carbons (Fsp3) is 0.611. The van der Waals surface area contributed by atoms with Crippen molar-refractivity contribution in [2.45, 2.75) is 65.5 Å². The van der Waals surface area contributed by atoms with Crippen LogP contribution in [0.3, 0.4) is 0 Å². The molecule has 0 heterocycles. The monoisotopic (exact) mass is 291 g/mol. The van der Waals surface area contributed by atoms with Crippen molar-refractivity contribution in [1.29, 1.82) is 0 Å². The maximum absolute atomic E-state index is 10.6. The highest BCUT2D eigenvalue weighted by molar-refractivity contribution is 5.66. The highest BCUT2D eigenvalue weighted by atomic mass is 16.4. The van der Waals surface area contributed by atoms with Crippen molar-refractivity contribution >= 4 is 5.97 Å². The second kappa shape index (κ2) is 7.60. The van der Waals surface area contributed by atoms with Crippen molar-refractivity contribution < 1.29 is 9.90 Å². The van der Waals surface area contributed by atoms with Gasteiger partial charge in [0.1, 0.15) is 0 Å². The lowest BCUT2D eigenvalue weighted by Gasteiger charge is -2.27. The van der Waals surface area contributed by atoms with Gasteiger partial charge < -0.3 is 5.11 Å². The molecule has 0 aliphatic carbocycles. The maximum atomic E-state index is 10.6. The van der Waals surface area contributed by atoms with Gasteiger partial charge in [0.2, 0.25) is 0 Å². The van der Waals surface area contributed by atoms with Gasteiger partial charge in [-0.25, -0.2) is 0 Å². The third-order valence-corrected chi connectivity index (χ3v) is 3.77. The zero-order valence-electron chi connectivity index (χ0n) is 14.0. The SMILES string of the molecule is CC(C)N(CCCC(=O)O)Cc1ccc(C(C)(C)C)cc1. The van der Waals surface area contributed by atoms with Crippen molar-refractivity contribution in [2.75, 3.05) is 6.54 Å². The Morgan fingerprint density at radius 1 is 1.19 bits per heavy atom. The molecule has 0 saturated carbocycles. The minimum Gasteiger partial charge on any atom is -0.481 e. The lowest BCUT2D eigenvalue weighted by Crippen LogP contribution is -2.31. The molecular weight excluding hydrogens is 262 g/mol. The number of nitrogens with zero attached hydrogens (tertiary/aromatic N) is 1. The largest absolute Gasteiger partial charge is 0.481 e. The van der Waals surface area contributed by atoms with E-state index in [1.165, 1.54) is 11.1 Å². The summed E-state index contributed by atoms with van der Waals surface area (Å²) in [6, 6.07) is 9.19. The Morgan fingerprint density at radius 3 is 2.19 bits per heavy atom. The average molecular weight is 291 g/mol. The first-order valence-corrected chi connectivity index (χ1v) is 7.75. The molecule has 0 aromatic heterocycles. The smallest absolute Gasteiger partial charge is 0.303 e. The lowest BCUT2D eigenvalue weighted by molar-refractivity contribution is -0.137. The molecule has 0 radical (unpaired) electrons. The van der Waals surface area contributed by atoms with E-state index >= 15 is 0 Å². The Labute approximate surface area is 129 Å². The number of aliphatic carboxylic acids is 1. The van der Waals surface area contributed by atoms with Crippen molar-refractivity contribution in [3.05, 3.63) is 35.4 Å². The van der Waals surface area contributed by atoms with E-state index in [0.717, 1.165) is 13.1 Å². The molecule has 0 bridgehead atoms. The van der Waals surface area contributed by atoms with Gasteiger partial charge in [-0.2, -0.15) is 0 Å². The van der Waals surface area contributed by atoms with Gasteiger partial charge in [-0.3, -0.25) is 9.69 Å². The normalized spacial score (nSPS) is 12.1. The number of carboxylic acid groups (broad SMARTS) is 1. The molecule has 0 unspecified atom stereocenters. The second-order valence-electron chi connectivity index (χ2n) is 7.01. The Morgan fingerprint density at radius 2 is 1.76 bits per heavy atom. The summed E-state index contributed by atoms with van der Waals surface area (Å²) >= 11 is 0. The topological polar surface area (TPSA) is 40.5 Å². The molecule has 0 amide bonds. The van der Waals surface area contributed by atoms with E-state index in [9.17, 15) is 4.79 Å². The van der Waals surface area contributed by atoms with Crippen LogP contribution in [0.5, 0.6) is 0 Å². The Balaban J connectivity index is 2.64.